The van der Waals surface area contributed by atoms with E-state index in [0.717, 1.165) is 0 Å². The van der Waals surface area contributed by atoms with Crippen molar-refractivity contribution in [1.29, 1.82) is 10.8 Å². The fourth-order valence-electron chi connectivity index (χ4n) is 0.454. The zero-order valence-corrected chi connectivity index (χ0v) is 5.64. The van der Waals surface area contributed by atoms with E-state index in [4.69, 9.17) is 15.9 Å². The number of carbonyl (C=O) groups is 1. The van der Waals surface area contributed by atoms with Crippen LogP contribution in [0.15, 0.2) is 0 Å². The number of carboxylic acids is 1. The number of hydrogen-bond acceptors (Lipinski definition) is 3. The van der Waals surface area contributed by atoms with Gasteiger partial charge in [0.1, 0.15) is 11.6 Å². The van der Waals surface area contributed by atoms with Crippen molar-refractivity contribution in [3.63, 3.8) is 0 Å². The SMILES string of the molecule is N=CC(C(=N)C(F)(F)F)C(=O)O. The van der Waals surface area contributed by atoms with Gasteiger partial charge < -0.3 is 10.5 Å². The van der Waals surface area contributed by atoms with Gasteiger partial charge in [-0.25, -0.2) is 0 Å². The van der Waals surface area contributed by atoms with E-state index in [1.165, 1.54) is 0 Å². The van der Waals surface area contributed by atoms with Crippen molar-refractivity contribution in [2.45, 2.75) is 6.18 Å². The third-order valence-corrected chi connectivity index (χ3v) is 1.05. The molecule has 0 saturated heterocycles. The average Bonchev–Trinajstić information content (AvgIpc) is 1.86. The summed E-state index contributed by atoms with van der Waals surface area (Å²) in [5, 5.41) is 20.8. The van der Waals surface area contributed by atoms with Crippen molar-refractivity contribution in [2.75, 3.05) is 0 Å². The Hall–Kier alpha value is -1.40. The van der Waals surface area contributed by atoms with E-state index >= 15 is 0 Å². The van der Waals surface area contributed by atoms with Gasteiger partial charge in [-0.3, -0.25) is 10.2 Å². The first-order chi connectivity index (χ1) is 5.30. The average molecular weight is 182 g/mol. The molecule has 1 unspecified atom stereocenters. The van der Waals surface area contributed by atoms with Gasteiger partial charge in [0.2, 0.25) is 0 Å². The van der Waals surface area contributed by atoms with Crippen molar-refractivity contribution in [3.05, 3.63) is 0 Å². The molecule has 0 heterocycles. The smallest absolute Gasteiger partial charge is 0.430 e. The molecule has 0 aromatic carbocycles. The number of nitrogens with one attached hydrogen (secondary N) is 2. The summed E-state index contributed by atoms with van der Waals surface area (Å²) in [6, 6.07) is 0. The minimum absolute atomic E-state index is 0.0676. The third-order valence-electron chi connectivity index (χ3n) is 1.05. The summed E-state index contributed by atoms with van der Waals surface area (Å²) in [7, 11) is 0. The minimum Gasteiger partial charge on any atom is -0.480 e. The largest absolute Gasteiger partial charge is 0.480 e. The second-order valence-corrected chi connectivity index (χ2v) is 1.89. The molecule has 0 aliphatic carbocycles. The standard InChI is InChI=1S/C5H5F3N2O2/c6-5(7,8)3(10)2(1-9)4(11)12/h1-2,9-10H,(H,11,12). The summed E-state index contributed by atoms with van der Waals surface area (Å²) in [5.74, 6) is -4.06. The Morgan fingerprint density at radius 3 is 2.00 bits per heavy atom. The summed E-state index contributed by atoms with van der Waals surface area (Å²) in [4.78, 5) is 10.0. The summed E-state index contributed by atoms with van der Waals surface area (Å²) < 4.78 is 35.0. The van der Waals surface area contributed by atoms with Gasteiger partial charge in [0.05, 0.1) is 0 Å². The molecule has 3 N–H and O–H groups in total. The molecule has 4 nitrogen and oxygen atoms in total. The molecule has 68 valence electrons. The highest BCUT2D eigenvalue weighted by Crippen LogP contribution is 2.20. The highest BCUT2D eigenvalue weighted by molar-refractivity contribution is 6.13. The third kappa shape index (κ3) is 2.33. The summed E-state index contributed by atoms with van der Waals surface area (Å²) in [6.07, 6.45) is -4.92. The molecule has 7 heteroatoms. The van der Waals surface area contributed by atoms with Gasteiger partial charge in [-0.15, -0.1) is 0 Å². The Bertz CT molecular complexity index is 223. The van der Waals surface area contributed by atoms with E-state index in [-0.39, 0.29) is 6.21 Å². The van der Waals surface area contributed by atoms with Crippen LogP contribution in [-0.4, -0.2) is 29.2 Å². The lowest BCUT2D eigenvalue weighted by molar-refractivity contribution is -0.138. The second-order valence-electron chi connectivity index (χ2n) is 1.89. The van der Waals surface area contributed by atoms with Crippen LogP contribution in [0.4, 0.5) is 13.2 Å². The Morgan fingerprint density at radius 2 is 1.92 bits per heavy atom. The highest BCUT2D eigenvalue weighted by atomic mass is 19.4. The molecule has 12 heavy (non-hydrogen) atoms. The Kier molecular flexibility index (Phi) is 2.94. The van der Waals surface area contributed by atoms with E-state index in [1.807, 2.05) is 0 Å². The van der Waals surface area contributed by atoms with Crippen LogP contribution >= 0.6 is 0 Å². The number of aliphatic carboxylic acids is 1. The van der Waals surface area contributed by atoms with E-state index in [9.17, 15) is 18.0 Å². The fraction of sp³-hybridized carbons (Fsp3) is 0.400. The zero-order chi connectivity index (χ0) is 9.94. The van der Waals surface area contributed by atoms with E-state index in [2.05, 4.69) is 0 Å². The quantitative estimate of drug-likeness (QED) is 0.567. The van der Waals surface area contributed by atoms with Crippen molar-refractivity contribution in [2.24, 2.45) is 5.92 Å². The lowest BCUT2D eigenvalue weighted by Gasteiger charge is -2.10. The van der Waals surface area contributed by atoms with Crippen molar-refractivity contribution >= 4 is 17.9 Å². The van der Waals surface area contributed by atoms with Crippen LogP contribution in [0.5, 0.6) is 0 Å². The maximum absolute atomic E-state index is 11.7. The molecule has 0 aliphatic heterocycles. The second kappa shape index (κ2) is 3.33. The van der Waals surface area contributed by atoms with Gasteiger partial charge in [-0.2, -0.15) is 13.2 Å². The van der Waals surface area contributed by atoms with Crippen LogP contribution in [0.1, 0.15) is 0 Å². The molecule has 0 fully saturated rings. The van der Waals surface area contributed by atoms with Crippen LogP contribution in [-0.2, 0) is 4.79 Å². The zero-order valence-electron chi connectivity index (χ0n) is 5.64. The number of rotatable bonds is 3. The lowest BCUT2D eigenvalue weighted by atomic mass is 10.1. The molecule has 0 bridgehead atoms. The fourth-order valence-corrected chi connectivity index (χ4v) is 0.454. The van der Waals surface area contributed by atoms with Crippen LogP contribution in [0.25, 0.3) is 0 Å². The molecule has 0 aromatic heterocycles. The van der Waals surface area contributed by atoms with E-state index < -0.39 is 23.8 Å². The number of carboxylic acid groups (broad SMARTS) is 1. The highest BCUT2D eigenvalue weighted by Gasteiger charge is 2.41. The van der Waals surface area contributed by atoms with Crippen molar-refractivity contribution < 1.29 is 23.1 Å². The molecular weight excluding hydrogens is 177 g/mol. The Balaban J connectivity index is 4.66. The predicted octanol–water partition coefficient (Wildman–Crippen LogP) is 0.919. The molecule has 1 atom stereocenters. The number of halogens is 3. The van der Waals surface area contributed by atoms with E-state index in [1.54, 1.807) is 0 Å². The van der Waals surface area contributed by atoms with Gasteiger partial charge >= 0.3 is 12.1 Å². The maximum atomic E-state index is 11.7. The molecule has 0 amide bonds. The van der Waals surface area contributed by atoms with Gasteiger partial charge in [0.25, 0.3) is 0 Å². The first-order valence-corrected chi connectivity index (χ1v) is 2.69. The van der Waals surface area contributed by atoms with Crippen LogP contribution in [0.2, 0.25) is 0 Å². The number of hydrogen-bond donors (Lipinski definition) is 3. The molecule has 0 spiro atoms. The van der Waals surface area contributed by atoms with Gasteiger partial charge in [-0.1, -0.05) is 0 Å². The topological polar surface area (TPSA) is 85.0 Å². The maximum Gasteiger partial charge on any atom is 0.430 e. The molecular formula is C5H5F3N2O2. The number of alkyl halides is 3. The molecule has 0 aromatic rings. The first-order valence-electron chi connectivity index (χ1n) is 2.69. The van der Waals surface area contributed by atoms with Crippen molar-refractivity contribution in [3.8, 4) is 0 Å². The molecule has 0 radical (unpaired) electrons. The molecule has 0 rings (SSSR count). The Morgan fingerprint density at radius 1 is 1.50 bits per heavy atom. The normalized spacial score (nSPS) is 13.6. The summed E-state index contributed by atoms with van der Waals surface area (Å²) in [6.45, 7) is 0. The minimum atomic E-state index is -4.99. The van der Waals surface area contributed by atoms with Gasteiger partial charge in [0.15, 0.2) is 0 Å². The lowest BCUT2D eigenvalue weighted by Crippen LogP contribution is -2.35. The van der Waals surface area contributed by atoms with Crippen LogP contribution < -0.4 is 0 Å². The molecule has 0 saturated carbocycles. The Labute approximate surface area is 65.0 Å². The van der Waals surface area contributed by atoms with Crippen LogP contribution in [0, 0.1) is 16.7 Å². The van der Waals surface area contributed by atoms with Gasteiger partial charge in [0, 0.05) is 6.21 Å². The van der Waals surface area contributed by atoms with Gasteiger partial charge in [-0.05, 0) is 0 Å². The first kappa shape index (κ1) is 10.6. The predicted molar refractivity (Wildman–Crippen MR) is 33.7 cm³/mol. The van der Waals surface area contributed by atoms with E-state index in [0.29, 0.717) is 0 Å². The molecule has 0 aliphatic rings. The summed E-state index contributed by atoms with van der Waals surface area (Å²) >= 11 is 0. The van der Waals surface area contributed by atoms with Crippen molar-refractivity contribution in [1.82, 2.24) is 0 Å². The summed E-state index contributed by atoms with van der Waals surface area (Å²) in [5.41, 5.74) is -1.94. The van der Waals surface area contributed by atoms with Crippen LogP contribution in [0.3, 0.4) is 0 Å². The monoisotopic (exact) mass is 182 g/mol.